The number of rotatable bonds is 12. The number of anilines is 1. The molecule has 41 heavy (non-hydrogen) atoms. The van der Waals surface area contributed by atoms with Gasteiger partial charge in [0.25, 0.3) is 12.4 Å². The SMILES string of the molecule is O=CO[C@H](CCCCNC(=O)c1ccc(N2CCOCC2)nc1)NC(=O)OCC1c2ccccc2-c2ccccc21. The zero-order chi connectivity index (χ0) is 28.4. The molecule has 5 rings (SSSR count). The van der Waals surface area contributed by atoms with Crippen LogP contribution in [0.4, 0.5) is 10.6 Å². The molecule has 0 saturated carbocycles. The molecule has 1 aliphatic heterocycles. The van der Waals surface area contributed by atoms with Crippen LogP contribution in [0.15, 0.2) is 66.9 Å². The molecular weight excluding hydrogens is 524 g/mol. The van der Waals surface area contributed by atoms with Gasteiger partial charge >= 0.3 is 6.09 Å². The molecule has 1 aliphatic carbocycles. The van der Waals surface area contributed by atoms with Gasteiger partial charge in [-0.05, 0) is 47.2 Å². The summed E-state index contributed by atoms with van der Waals surface area (Å²) in [4.78, 5) is 42.6. The van der Waals surface area contributed by atoms with Gasteiger partial charge in [0.1, 0.15) is 12.4 Å². The molecule has 10 nitrogen and oxygen atoms in total. The first-order chi connectivity index (χ1) is 20.1. The number of carbonyl (C=O) groups excluding carboxylic acids is 3. The summed E-state index contributed by atoms with van der Waals surface area (Å²) >= 11 is 0. The van der Waals surface area contributed by atoms with Crippen molar-refractivity contribution >= 4 is 24.3 Å². The molecule has 2 heterocycles. The number of nitrogens with one attached hydrogen (secondary N) is 2. The molecule has 0 spiro atoms. The van der Waals surface area contributed by atoms with Crippen LogP contribution in [-0.4, -0.2) is 69.1 Å². The molecule has 1 aromatic heterocycles. The van der Waals surface area contributed by atoms with Crippen molar-refractivity contribution in [3.63, 3.8) is 0 Å². The zero-order valence-corrected chi connectivity index (χ0v) is 22.8. The van der Waals surface area contributed by atoms with E-state index in [4.69, 9.17) is 14.2 Å². The van der Waals surface area contributed by atoms with Gasteiger partial charge in [0.2, 0.25) is 0 Å². The minimum Gasteiger partial charge on any atom is -0.448 e. The Balaban J connectivity index is 1.03. The van der Waals surface area contributed by atoms with Gasteiger partial charge in [0.15, 0.2) is 6.23 Å². The lowest BCUT2D eigenvalue weighted by molar-refractivity contribution is -0.135. The van der Waals surface area contributed by atoms with E-state index in [2.05, 4.69) is 44.8 Å². The first-order valence-electron chi connectivity index (χ1n) is 13.9. The van der Waals surface area contributed by atoms with Crippen LogP contribution >= 0.6 is 0 Å². The summed E-state index contributed by atoms with van der Waals surface area (Å²) in [5.41, 5.74) is 5.02. The molecule has 0 radical (unpaired) electrons. The molecule has 2 amide bonds. The maximum absolute atomic E-state index is 12.6. The minimum atomic E-state index is -0.823. The van der Waals surface area contributed by atoms with E-state index in [1.807, 2.05) is 30.3 Å². The molecule has 2 N–H and O–H groups in total. The van der Waals surface area contributed by atoms with Crippen molar-refractivity contribution < 1.29 is 28.6 Å². The predicted octanol–water partition coefficient (Wildman–Crippen LogP) is 3.86. The van der Waals surface area contributed by atoms with Crippen molar-refractivity contribution in [1.82, 2.24) is 15.6 Å². The number of hydrogen-bond acceptors (Lipinski definition) is 8. The van der Waals surface area contributed by atoms with E-state index in [1.165, 1.54) is 0 Å². The molecule has 10 heteroatoms. The second kappa shape index (κ2) is 13.8. The maximum Gasteiger partial charge on any atom is 0.410 e. The molecule has 1 fully saturated rings. The third-order valence-electron chi connectivity index (χ3n) is 7.37. The van der Waals surface area contributed by atoms with Crippen LogP contribution in [0.25, 0.3) is 11.1 Å². The lowest BCUT2D eigenvalue weighted by Crippen LogP contribution is -2.37. The van der Waals surface area contributed by atoms with Crippen molar-refractivity contribution in [2.45, 2.75) is 31.4 Å². The quantitative estimate of drug-likeness (QED) is 0.196. The predicted molar refractivity (Wildman–Crippen MR) is 153 cm³/mol. The molecule has 214 valence electrons. The number of unbranched alkanes of at least 4 members (excludes halogenated alkanes) is 1. The molecule has 1 atom stereocenters. The van der Waals surface area contributed by atoms with Gasteiger partial charge in [-0.25, -0.2) is 9.78 Å². The molecule has 1 saturated heterocycles. The van der Waals surface area contributed by atoms with E-state index < -0.39 is 12.3 Å². The highest BCUT2D eigenvalue weighted by atomic mass is 16.6. The number of aromatic nitrogens is 1. The third kappa shape index (κ3) is 7.01. The fraction of sp³-hybridized carbons (Fsp3) is 0.355. The fourth-order valence-corrected chi connectivity index (χ4v) is 5.27. The van der Waals surface area contributed by atoms with Crippen molar-refractivity contribution in [2.75, 3.05) is 44.4 Å². The molecule has 0 bridgehead atoms. The Labute approximate surface area is 239 Å². The average Bonchev–Trinajstić information content (AvgIpc) is 3.34. The number of amides is 2. The van der Waals surface area contributed by atoms with Gasteiger partial charge in [-0.3, -0.25) is 14.9 Å². The smallest absolute Gasteiger partial charge is 0.410 e. The van der Waals surface area contributed by atoms with Crippen LogP contribution in [0.2, 0.25) is 0 Å². The number of benzene rings is 2. The van der Waals surface area contributed by atoms with Gasteiger partial charge in [-0.15, -0.1) is 0 Å². The largest absolute Gasteiger partial charge is 0.448 e. The Hall–Kier alpha value is -4.44. The lowest BCUT2D eigenvalue weighted by Gasteiger charge is -2.27. The monoisotopic (exact) mass is 558 g/mol. The summed E-state index contributed by atoms with van der Waals surface area (Å²) in [5, 5.41) is 5.50. The van der Waals surface area contributed by atoms with Crippen LogP contribution < -0.4 is 15.5 Å². The summed E-state index contributed by atoms with van der Waals surface area (Å²) in [5.74, 6) is 0.562. The number of pyridine rings is 1. The Morgan fingerprint density at radius 1 is 1.00 bits per heavy atom. The summed E-state index contributed by atoms with van der Waals surface area (Å²) < 4.78 is 16.0. The van der Waals surface area contributed by atoms with Crippen LogP contribution in [-0.2, 0) is 19.0 Å². The summed E-state index contributed by atoms with van der Waals surface area (Å²) in [6.07, 6.45) is 1.73. The topological polar surface area (TPSA) is 119 Å². The molecule has 3 aromatic rings. The number of ether oxygens (including phenoxy) is 3. The van der Waals surface area contributed by atoms with E-state index in [-0.39, 0.29) is 18.4 Å². The van der Waals surface area contributed by atoms with E-state index in [0.29, 0.717) is 51.1 Å². The van der Waals surface area contributed by atoms with E-state index in [9.17, 15) is 14.4 Å². The average molecular weight is 559 g/mol. The van der Waals surface area contributed by atoms with Crippen molar-refractivity contribution in [2.24, 2.45) is 0 Å². The highest BCUT2D eigenvalue weighted by molar-refractivity contribution is 5.94. The first-order valence-corrected chi connectivity index (χ1v) is 13.9. The first kappa shape index (κ1) is 28.1. The summed E-state index contributed by atoms with van der Waals surface area (Å²) in [6, 6.07) is 19.8. The minimum absolute atomic E-state index is 0.0621. The van der Waals surface area contributed by atoms with Crippen molar-refractivity contribution in [3.05, 3.63) is 83.6 Å². The van der Waals surface area contributed by atoms with Crippen LogP contribution in [0.3, 0.4) is 0 Å². The highest BCUT2D eigenvalue weighted by Gasteiger charge is 2.29. The normalized spacial score (nSPS) is 14.9. The van der Waals surface area contributed by atoms with E-state index >= 15 is 0 Å². The van der Waals surface area contributed by atoms with Gasteiger partial charge in [-0.2, -0.15) is 0 Å². The van der Waals surface area contributed by atoms with Crippen LogP contribution in [0.1, 0.15) is 46.7 Å². The van der Waals surface area contributed by atoms with E-state index in [1.54, 1.807) is 12.3 Å². The van der Waals surface area contributed by atoms with Gasteiger partial charge in [0, 0.05) is 38.2 Å². The number of alkyl carbamates (subject to hydrolysis) is 1. The van der Waals surface area contributed by atoms with Gasteiger partial charge in [-0.1, -0.05) is 48.5 Å². The lowest BCUT2D eigenvalue weighted by atomic mass is 9.98. The molecule has 2 aliphatic rings. The fourth-order valence-electron chi connectivity index (χ4n) is 5.27. The third-order valence-corrected chi connectivity index (χ3v) is 7.37. The van der Waals surface area contributed by atoms with Crippen LogP contribution in [0, 0.1) is 0 Å². The highest BCUT2D eigenvalue weighted by Crippen LogP contribution is 2.44. The number of fused-ring (bicyclic) bond motifs is 3. The number of hydrogen-bond donors (Lipinski definition) is 2. The Bertz CT molecular complexity index is 1300. The molecular formula is C31H34N4O6. The number of morpholine rings is 1. The van der Waals surface area contributed by atoms with Crippen molar-refractivity contribution in [3.8, 4) is 11.1 Å². The Kier molecular flexibility index (Phi) is 9.43. The maximum atomic E-state index is 12.6. The second-order valence-electron chi connectivity index (χ2n) is 9.95. The number of nitrogens with zero attached hydrogens (tertiary/aromatic N) is 2. The summed E-state index contributed by atoms with van der Waals surface area (Å²) in [7, 11) is 0. The van der Waals surface area contributed by atoms with Crippen molar-refractivity contribution in [1.29, 1.82) is 0 Å². The molecule has 0 unspecified atom stereocenters. The summed E-state index contributed by atoms with van der Waals surface area (Å²) in [6.45, 7) is 3.81. The second-order valence-corrected chi connectivity index (χ2v) is 9.95. The Morgan fingerprint density at radius 3 is 2.37 bits per heavy atom. The standard InChI is InChI=1S/C31H34N4O6/c36-21-41-29(11-5-6-14-32-30(37)22-12-13-28(33-19-22)35-15-17-39-18-16-35)34-31(38)40-20-27-25-9-3-1-7-23(25)24-8-2-4-10-26(24)27/h1-4,7-10,12-13,19,21,27,29H,5-6,11,14-18,20H2,(H,32,37)(H,34,38)/t29-/m1/s1. The van der Waals surface area contributed by atoms with E-state index in [0.717, 1.165) is 41.2 Å². The van der Waals surface area contributed by atoms with Crippen LogP contribution in [0.5, 0.6) is 0 Å². The van der Waals surface area contributed by atoms with Gasteiger partial charge < -0.3 is 24.4 Å². The number of carbonyl (C=O) groups is 3. The Morgan fingerprint density at radius 2 is 1.71 bits per heavy atom. The van der Waals surface area contributed by atoms with Gasteiger partial charge in [0.05, 0.1) is 18.8 Å². The molecule has 2 aromatic carbocycles. The zero-order valence-electron chi connectivity index (χ0n) is 22.8.